The molecule has 1 rings (SSSR count). The van der Waals surface area contributed by atoms with Gasteiger partial charge in [0.05, 0.1) is 10.0 Å². The maximum absolute atomic E-state index is 11.7. The molecule has 30 heavy (non-hydrogen) atoms. The lowest BCUT2D eigenvalue weighted by molar-refractivity contribution is -0.182. The molecule has 168 valence electrons. The lowest BCUT2D eigenvalue weighted by Gasteiger charge is -2.33. The topological polar surface area (TPSA) is 97.4 Å². The van der Waals surface area contributed by atoms with Gasteiger partial charge in [0, 0.05) is 32.8 Å². The first-order valence-corrected chi connectivity index (χ1v) is 9.94. The second kappa shape index (κ2) is 12.6. The van der Waals surface area contributed by atoms with Gasteiger partial charge in [-0.15, -0.1) is 0 Å². The van der Waals surface area contributed by atoms with Crippen LogP contribution in [0.1, 0.15) is 34.6 Å². The number of benzene rings is 1. The average Bonchev–Trinajstić information content (AvgIpc) is 2.64. The van der Waals surface area contributed by atoms with Crippen LogP contribution in [-0.4, -0.2) is 49.6 Å². The number of halogens is 2. The highest BCUT2D eigenvalue weighted by molar-refractivity contribution is 6.42. The molecule has 0 N–H and O–H groups in total. The summed E-state index contributed by atoms with van der Waals surface area (Å²) in [5.74, 6) is -1.64. The fourth-order valence-corrected chi connectivity index (χ4v) is 2.83. The zero-order chi connectivity index (χ0) is 22.8. The summed E-state index contributed by atoms with van der Waals surface area (Å²) < 4.78 is 26.9. The van der Waals surface area contributed by atoms with Crippen LogP contribution in [0.4, 0.5) is 0 Å². The SMILES string of the molecule is CC(=O)OCC(OCOc1ccc(Cl)c(Cl)c1)[C@H](OC(C)=O)C(C)[C@@H](C)OC(C)=O. The van der Waals surface area contributed by atoms with Crippen LogP contribution in [-0.2, 0) is 33.3 Å². The highest BCUT2D eigenvalue weighted by atomic mass is 35.5. The van der Waals surface area contributed by atoms with Crippen LogP contribution in [0.15, 0.2) is 18.2 Å². The molecule has 0 fully saturated rings. The Balaban J connectivity index is 2.94. The van der Waals surface area contributed by atoms with Crippen molar-refractivity contribution in [2.24, 2.45) is 5.92 Å². The summed E-state index contributed by atoms with van der Waals surface area (Å²) >= 11 is 11.8. The van der Waals surface area contributed by atoms with Gasteiger partial charge in [0.1, 0.15) is 30.7 Å². The van der Waals surface area contributed by atoms with Gasteiger partial charge in [0.25, 0.3) is 0 Å². The molecule has 0 radical (unpaired) electrons. The van der Waals surface area contributed by atoms with Crippen molar-refractivity contribution in [1.29, 1.82) is 0 Å². The van der Waals surface area contributed by atoms with Crippen molar-refractivity contribution in [2.75, 3.05) is 13.4 Å². The van der Waals surface area contributed by atoms with E-state index in [2.05, 4.69) is 0 Å². The number of carbonyl (C=O) groups excluding carboxylic acids is 3. The first kappa shape index (κ1) is 26.0. The fourth-order valence-electron chi connectivity index (χ4n) is 2.54. The minimum Gasteiger partial charge on any atom is -0.467 e. The first-order chi connectivity index (χ1) is 14.0. The Labute approximate surface area is 185 Å². The normalized spacial score (nSPS) is 14.8. The lowest BCUT2D eigenvalue weighted by Crippen LogP contribution is -2.46. The zero-order valence-electron chi connectivity index (χ0n) is 17.5. The third kappa shape index (κ3) is 9.19. The molecule has 1 aromatic carbocycles. The first-order valence-electron chi connectivity index (χ1n) is 9.18. The number of hydrogen-bond donors (Lipinski definition) is 0. The maximum Gasteiger partial charge on any atom is 0.303 e. The number of carbonyl (C=O) groups is 3. The molecule has 1 aromatic rings. The standard InChI is InChI=1S/C20H26Cl2O8/c1-11(12(2)29-14(4)24)20(30-15(5)25)19(9-26-13(3)23)28-10-27-16-6-7-17(21)18(22)8-16/h6-8,11-12,19-20H,9-10H2,1-5H3/t11?,12-,19?,20-/m1/s1. The molecule has 0 saturated carbocycles. The van der Waals surface area contributed by atoms with Crippen LogP contribution in [0.3, 0.4) is 0 Å². The second-order valence-electron chi connectivity index (χ2n) is 6.59. The Hall–Kier alpha value is -2.03. The predicted octanol–water partition coefficient (Wildman–Crippen LogP) is 3.80. The van der Waals surface area contributed by atoms with Crippen molar-refractivity contribution in [3.05, 3.63) is 28.2 Å². The van der Waals surface area contributed by atoms with Gasteiger partial charge < -0.3 is 23.7 Å². The van der Waals surface area contributed by atoms with Gasteiger partial charge in [0.2, 0.25) is 0 Å². The van der Waals surface area contributed by atoms with E-state index in [1.165, 1.54) is 26.8 Å². The highest BCUT2D eigenvalue weighted by Gasteiger charge is 2.36. The molecule has 0 spiro atoms. The fraction of sp³-hybridized carbons (Fsp3) is 0.550. The summed E-state index contributed by atoms with van der Waals surface area (Å²) in [6.45, 7) is 6.70. The summed E-state index contributed by atoms with van der Waals surface area (Å²) in [6.07, 6.45) is -2.35. The van der Waals surface area contributed by atoms with E-state index in [0.717, 1.165) is 0 Å². The minimum absolute atomic E-state index is 0.199. The molecule has 10 heteroatoms. The smallest absolute Gasteiger partial charge is 0.303 e. The van der Waals surface area contributed by atoms with Crippen LogP contribution in [0.25, 0.3) is 0 Å². The number of rotatable bonds is 11. The summed E-state index contributed by atoms with van der Waals surface area (Å²) in [5, 5.41) is 0.688. The largest absolute Gasteiger partial charge is 0.467 e. The van der Waals surface area contributed by atoms with E-state index in [1.54, 1.807) is 26.0 Å². The van der Waals surface area contributed by atoms with Crippen LogP contribution >= 0.6 is 23.2 Å². The van der Waals surface area contributed by atoms with E-state index in [-0.39, 0.29) is 13.4 Å². The Morgan fingerprint density at radius 2 is 1.57 bits per heavy atom. The van der Waals surface area contributed by atoms with Crippen molar-refractivity contribution in [3.8, 4) is 5.75 Å². The van der Waals surface area contributed by atoms with E-state index < -0.39 is 42.1 Å². The lowest BCUT2D eigenvalue weighted by atomic mass is 9.94. The molecule has 2 unspecified atom stereocenters. The van der Waals surface area contributed by atoms with Gasteiger partial charge in [-0.05, 0) is 19.1 Å². The van der Waals surface area contributed by atoms with E-state index in [9.17, 15) is 14.4 Å². The van der Waals surface area contributed by atoms with Crippen molar-refractivity contribution >= 4 is 41.1 Å². The van der Waals surface area contributed by atoms with E-state index in [1.807, 2.05) is 0 Å². The molecule has 0 aromatic heterocycles. The molecule has 0 amide bonds. The Morgan fingerprint density at radius 3 is 2.10 bits per heavy atom. The van der Waals surface area contributed by atoms with Gasteiger partial charge in [0.15, 0.2) is 6.79 Å². The van der Waals surface area contributed by atoms with Gasteiger partial charge in [-0.1, -0.05) is 30.1 Å². The molecule has 0 bridgehead atoms. The average molecular weight is 465 g/mol. The molecule has 0 aliphatic carbocycles. The van der Waals surface area contributed by atoms with E-state index >= 15 is 0 Å². The summed E-state index contributed by atoms with van der Waals surface area (Å²) in [5.41, 5.74) is 0. The van der Waals surface area contributed by atoms with Gasteiger partial charge in [-0.25, -0.2) is 0 Å². The minimum atomic E-state index is -0.881. The number of hydrogen-bond acceptors (Lipinski definition) is 8. The molecule has 0 aliphatic heterocycles. The molecular formula is C20H26Cl2O8. The highest BCUT2D eigenvalue weighted by Crippen LogP contribution is 2.27. The third-order valence-corrected chi connectivity index (χ3v) is 4.87. The predicted molar refractivity (Wildman–Crippen MR) is 109 cm³/mol. The molecule has 8 nitrogen and oxygen atoms in total. The van der Waals surface area contributed by atoms with Crippen molar-refractivity contribution in [2.45, 2.75) is 52.9 Å². The molecule has 0 aliphatic rings. The molecule has 0 saturated heterocycles. The van der Waals surface area contributed by atoms with Crippen LogP contribution < -0.4 is 4.74 Å². The van der Waals surface area contributed by atoms with Gasteiger partial charge in [-0.2, -0.15) is 0 Å². The van der Waals surface area contributed by atoms with Crippen LogP contribution in [0.5, 0.6) is 5.75 Å². The monoisotopic (exact) mass is 464 g/mol. The Bertz CT molecular complexity index is 740. The van der Waals surface area contributed by atoms with E-state index in [4.69, 9.17) is 46.9 Å². The maximum atomic E-state index is 11.7. The summed E-state index contributed by atoms with van der Waals surface area (Å²) in [7, 11) is 0. The van der Waals surface area contributed by atoms with Crippen molar-refractivity contribution in [3.63, 3.8) is 0 Å². The summed E-state index contributed by atoms with van der Waals surface area (Å²) in [6, 6.07) is 4.69. The second-order valence-corrected chi connectivity index (χ2v) is 7.41. The molecule has 4 atom stereocenters. The zero-order valence-corrected chi connectivity index (χ0v) is 19.0. The van der Waals surface area contributed by atoms with Crippen LogP contribution in [0, 0.1) is 5.92 Å². The number of esters is 3. The van der Waals surface area contributed by atoms with Crippen molar-refractivity contribution < 1.29 is 38.1 Å². The third-order valence-electron chi connectivity index (χ3n) is 4.13. The van der Waals surface area contributed by atoms with Gasteiger partial charge >= 0.3 is 17.9 Å². The van der Waals surface area contributed by atoms with Gasteiger partial charge in [-0.3, -0.25) is 14.4 Å². The number of ether oxygens (including phenoxy) is 5. The Morgan fingerprint density at radius 1 is 0.933 bits per heavy atom. The molecular weight excluding hydrogens is 439 g/mol. The quantitative estimate of drug-likeness (QED) is 0.277. The van der Waals surface area contributed by atoms with E-state index in [0.29, 0.717) is 15.8 Å². The molecule has 0 heterocycles. The van der Waals surface area contributed by atoms with Crippen molar-refractivity contribution in [1.82, 2.24) is 0 Å². The van der Waals surface area contributed by atoms with Crippen LogP contribution in [0.2, 0.25) is 10.0 Å². The summed E-state index contributed by atoms with van der Waals surface area (Å²) in [4.78, 5) is 34.3. The Kier molecular flexibility index (Phi) is 10.9.